The minimum absolute atomic E-state index is 0.367. The molecule has 5 heterocycles. The van der Waals surface area contributed by atoms with Crippen LogP contribution >= 0.6 is 0 Å². The summed E-state index contributed by atoms with van der Waals surface area (Å²) in [6.45, 7) is 0. The lowest BCUT2D eigenvalue weighted by atomic mass is 9.88. The number of rotatable bonds is 4. The van der Waals surface area contributed by atoms with E-state index in [9.17, 15) is 0 Å². The summed E-state index contributed by atoms with van der Waals surface area (Å²) in [5, 5.41) is 2.21. The molecule has 4 bridgehead atoms. The van der Waals surface area contributed by atoms with Crippen LogP contribution in [0.1, 0.15) is 28.1 Å². The molecule has 5 aromatic rings. The van der Waals surface area contributed by atoms with Gasteiger partial charge in [-0.1, -0.05) is 91.0 Å². The maximum atomic E-state index is 6.37. The van der Waals surface area contributed by atoms with Gasteiger partial charge < -0.3 is 13.6 Å². The quantitative estimate of drug-likeness (QED) is 0.324. The van der Waals surface area contributed by atoms with Gasteiger partial charge in [-0.3, -0.25) is 0 Å². The molecule has 5 heteroatoms. The van der Waals surface area contributed by atoms with E-state index in [4.69, 9.17) is 9.65 Å². The highest BCUT2D eigenvalue weighted by Gasteiger charge is 2.37. The molecule has 3 aliphatic rings. The molecule has 0 unspecified atom stereocenters. The van der Waals surface area contributed by atoms with Crippen LogP contribution < -0.4 is 10.7 Å². The average molecular weight is 501 g/mol. The first kappa shape index (κ1) is 22.1. The Labute approximate surface area is 227 Å². The lowest BCUT2D eigenvalue weighted by molar-refractivity contribution is 0.396. The van der Waals surface area contributed by atoms with Gasteiger partial charge in [0.2, 0.25) is 0 Å². The van der Waals surface area contributed by atoms with E-state index in [0.717, 1.165) is 55.8 Å². The van der Waals surface area contributed by atoms with Crippen LogP contribution in [0.2, 0.25) is 0 Å². The molecule has 0 saturated carbocycles. The van der Waals surface area contributed by atoms with Crippen molar-refractivity contribution >= 4 is 29.6 Å². The van der Waals surface area contributed by atoms with Gasteiger partial charge in [0.15, 0.2) is 0 Å². The van der Waals surface area contributed by atoms with Crippen molar-refractivity contribution in [3.8, 4) is 0 Å². The van der Waals surface area contributed by atoms with E-state index < -0.39 is 0 Å². The van der Waals surface area contributed by atoms with Gasteiger partial charge in [0.25, 0.3) is 0 Å². The molecule has 0 saturated heterocycles. The summed E-state index contributed by atoms with van der Waals surface area (Å²) in [5.74, 6) is 0. The van der Waals surface area contributed by atoms with Crippen molar-refractivity contribution in [1.29, 1.82) is 0 Å². The molecule has 0 amide bonds. The number of allylic oxidation sites excluding steroid dienone is 2. The third-order valence-corrected chi connectivity index (χ3v) is 7.85. The topological polar surface area (TPSA) is 31.4 Å². The van der Waals surface area contributed by atoms with Crippen molar-refractivity contribution in [3.63, 3.8) is 0 Å². The number of fused-ring (bicyclic) bond motifs is 1. The molecule has 0 aliphatic carbocycles. The standard InChI is InChI=1S/C34H24BN3O/c1-39-35-37-28-19-21-30(37)34(25-15-9-4-10-16-25)31-22-20-29(38(31)35)33(24-13-7-3-8-14-24)27-18-17-26(36-27)32(28)23-11-5-2-6-12-23/h2-22H,1H3. The summed E-state index contributed by atoms with van der Waals surface area (Å²) in [5.41, 5.74) is 10.9. The van der Waals surface area contributed by atoms with Gasteiger partial charge in [-0.15, -0.1) is 0 Å². The minimum atomic E-state index is -0.367. The molecule has 3 aromatic carbocycles. The summed E-state index contributed by atoms with van der Waals surface area (Å²) < 4.78 is 11.0. The predicted molar refractivity (Wildman–Crippen MR) is 158 cm³/mol. The highest BCUT2D eigenvalue weighted by atomic mass is 16.4. The van der Waals surface area contributed by atoms with Crippen LogP contribution in [-0.4, -0.2) is 29.0 Å². The second kappa shape index (κ2) is 8.58. The fraction of sp³-hybridized carbons (Fsp3) is 0.0294. The number of nitrogens with zero attached hydrogens (tertiary/aromatic N) is 3. The van der Waals surface area contributed by atoms with Crippen LogP contribution in [0, 0.1) is 0 Å². The molecule has 8 rings (SSSR count). The van der Waals surface area contributed by atoms with Crippen LogP contribution in [0.4, 0.5) is 0 Å². The summed E-state index contributed by atoms with van der Waals surface area (Å²) in [6, 6.07) is 40.7. The molecule has 4 nitrogen and oxygen atoms in total. The fourth-order valence-corrected chi connectivity index (χ4v) is 6.25. The lowest BCUT2D eigenvalue weighted by Crippen LogP contribution is -2.52. The Morgan fingerprint density at radius 2 is 1.05 bits per heavy atom. The minimum Gasteiger partial charge on any atom is -0.400 e. The second-order valence-electron chi connectivity index (χ2n) is 9.95. The van der Waals surface area contributed by atoms with Gasteiger partial charge in [0, 0.05) is 45.9 Å². The van der Waals surface area contributed by atoms with Gasteiger partial charge in [0.05, 0.1) is 11.4 Å². The number of aromatic nitrogens is 2. The van der Waals surface area contributed by atoms with E-state index in [1.54, 1.807) is 7.11 Å². The van der Waals surface area contributed by atoms with Gasteiger partial charge in [-0.25, -0.2) is 4.99 Å². The van der Waals surface area contributed by atoms with Crippen LogP contribution in [0.15, 0.2) is 138 Å². The van der Waals surface area contributed by atoms with Gasteiger partial charge in [0.1, 0.15) is 0 Å². The van der Waals surface area contributed by atoms with Gasteiger partial charge in [-0.05, 0) is 53.1 Å². The largest absolute Gasteiger partial charge is 0.557 e. The molecule has 0 N–H and O–H groups in total. The molecule has 0 atom stereocenters. The van der Waals surface area contributed by atoms with Crippen LogP contribution in [0.25, 0.3) is 16.7 Å². The summed E-state index contributed by atoms with van der Waals surface area (Å²) >= 11 is 0. The maximum Gasteiger partial charge on any atom is 0.557 e. The van der Waals surface area contributed by atoms with Crippen molar-refractivity contribution in [1.82, 2.24) is 8.96 Å². The van der Waals surface area contributed by atoms with Crippen molar-refractivity contribution in [2.24, 2.45) is 4.99 Å². The molecular weight excluding hydrogens is 477 g/mol. The SMILES string of the molecule is COB1n2c3ccc2C(c2ccccc2)=c2ccc(n21)=C(c1ccccc1)C1=NC(=C3c2ccccc2)C=C1. The van der Waals surface area contributed by atoms with Crippen LogP contribution in [0.5, 0.6) is 0 Å². The summed E-state index contributed by atoms with van der Waals surface area (Å²) in [7, 11) is 1.43. The molecular formula is C34H24BN3O. The zero-order chi connectivity index (χ0) is 25.9. The summed E-state index contributed by atoms with van der Waals surface area (Å²) in [6.07, 6.45) is 4.30. The Balaban J connectivity index is 1.61. The fourth-order valence-electron chi connectivity index (χ4n) is 6.25. The van der Waals surface area contributed by atoms with Crippen molar-refractivity contribution in [3.05, 3.63) is 172 Å². The number of benzene rings is 3. The summed E-state index contributed by atoms with van der Waals surface area (Å²) in [4.78, 5) is 5.27. The van der Waals surface area contributed by atoms with Crippen LogP contribution in [0.3, 0.4) is 0 Å². The molecule has 0 radical (unpaired) electrons. The third-order valence-electron chi connectivity index (χ3n) is 7.85. The van der Waals surface area contributed by atoms with Gasteiger partial charge in [-0.2, -0.15) is 0 Å². The average Bonchev–Trinajstić information content (AvgIpc) is 3.74. The normalized spacial score (nSPS) is 15.2. The molecule has 39 heavy (non-hydrogen) atoms. The van der Waals surface area contributed by atoms with E-state index in [-0.39, 0.29) is 7.19 Å². The zero-order valence-corrected chi connectivity index (χ0v) is 21.5. The molecule has 3 aliphatic heterocycles. The van der Waals surface area contributed by atoms with E-state index in [2.05, 4.69) is 136 Å². The monoisotopic (exact) mass is 501 g/mol. The molecule has 184 valence electrons. The van der Waals surface area contributed by atoms with E-state index in [0.29, 0.717) is 0 Å². The van der Waals surface area contributed by atoms with E-state index in [1.807, 2.05) is 0 Å². The van der Waals surface area contributed by atoms with Crippen molar-refractivity contribution < 1.29 is 4.65 Å². The smallest absolute Gasteiger partial charge is 0.400 e. The van der Waals surface area contributed by atoms with Crippen molar-refractivity contribution in [2.75, 3.05) is 7.11 Å². The third kappa shape index (κ3) is 3.20. The van der Waals surface area contributed by atoms with Crippen molar-refractivity contribution in [2.45, 2.75) is 0 Å². The highest BCUT2D eigenvalue weighted by Crippen LogP contribution is 2.36. The van der Waals surface area contributed by atoms with Crippen LogP contribution in [-0.2, 0) is 4.65 Å². The second-order valence-corrected chi connectivity index (χ2v) is 9.95. The Bertz CT molecular complexity index is 1980. The highest BCUT2D eigenvalue weighted by molar-refractivity contribution is 6.50. The lowest BCUT2D eigenvalue weighted by Gasteiger charge is -2.28. The molecule has 0 spiro atoms. The number of aliphatic imine (C=N–C) groups is 1. The number of hydrogen-bond donors (Lipinski definition) is 0. The Kier molecular flexibility index (Phi) is 4.88. The first-order valence-electron chi connectivity index (χ1n) is 13.2. The Hall–Kier alpha value is -4.87. The molecule has 2 aromatic heterocycles. The maximum absolute atomic E-state index is 6.37. The van der Waals surface area contributed by atoms with E-state index in [1.165, 1.54) is 11.1 Å². The number of hydrogen-bond acceptors (Lipinski definition) is 2. The molecule has 0 fully saturated rings. The Morgan fingerprint density at radius 3 is 1.64 bits per heavy atom. The van der Waals surface area contributed by atoms with Gasteiger partial charge >= 0.3 is 7.19 Å². The Morgan fingerprint density at radius 1 is 0.538 bits per heavy atom. The van der Waals surface area contributed by atoms with E-state index >= 15 is 0 Å². The first-order chi connectivity index (χ1) is 19.3. The first-order valence-corrected chi connectivity index (χ1v) is 13.2. The zero-order valence-electron chi connectivity index (χ0n) is 21.5. The predicted octanol–water partition coefficient (Wildman–Crippen LogP) is 4.86.